The van der Waals surface area contributed by atoms with Crippen LogP contribution in [0.5, 0.6) is 0 Å². The molecule has 0 saturated carbocycles. The lowest BCUT2D eigenvalue weighted by atomic mass is 9.98. The Labute approximate surface area is 403 Å². The SMILES string of the molecule is CCCCCCCCCCC/C=C\CCCCCCCCC(O)C(=O)NC(COC1OC(CO)C(O)C(O)C1O)C(O)C(O)CCC/C=C/CC/C=C/CCCCCCCCCCCCC. The molecule has 11 nitrogen and oxygen atoms in total. The van der Waals surface area contributed by atoms with Gasteiger partial charge in [0, 0.05) is 0 Å². The molecule has 0 aromatic carbocycles. The number of hydrogen-bond acceptors (Lipinski definition) is 10. The lowest BCUT2D eigenvalue weighted by Gasteiger charge is -2.40. The second-order valence-corrected chi connectivity index (χ2v) is 19.3. The Balaban J connectivity index is 2.40. The van der Waals surface area contributed by atoms with Gasteiger partial charge in [0.15, 0.2) is 6.29 Å². The summed E-state index contributed by atoms with van der Waals surface area (Å²) in [5, 5.41) is 76.0. The molecule has 1 amide bonds. The summed E-state index contributed by atoms with van der Waals surface area (Å²) in [6.45, 7) is 3.44. The van der Waals surface area contributed by atoms with Crippen molar-refractivity contribution in [2.45, 2.75) is 294 Å². The Bertz CT molecular complexity index is 1170. The monoisotopic (exact) mass is 938 g/mol. The molecule has 1 aliphatic heterocycles. The molecule has 388 valence electrons. The van der Waals surface area contributed by atoms with Crippen molar-refractivity contribution in [3.8, 4) is 0 Å². The van der Waals surface area contributed by atoms with Crippen LogP contribution in [0.25, 0.3) is 0 Å². The van der Waals surface area contributed by atoms with Gasteiger partial charge >= 0.3 is 0 Å². The zero-order chi connectivity index (χ0) is 48.3. The number of aliphatic hydroxyl groups excluding tert-OH is 7. The molecular weight excluding hydrogens is 835 g/mol. The summed E-state index contributed by atoms with van der Waals surface area (Å²) < 4.78 is 11.1. The fourth-order valence-corrected chi connectivity index (χ4v) is 8.63. The maximum Gasteiger partial charge on any atom is 0.249 e. The van der Waals surface area contributed by atoms with Crippen LogP contribution in [0.15, 0.2) is 36.5 Å². The number of unbranched alkanes of at least 4 members (excludes halogenated alkanes) is 28. The highest BCUT2D eigenvalue weighted by atomic mass is 16.7. The Morgan fingerprint density at radius 2 is 0.909 bits per heavy atom. The quantitative estimate of drug-likeness (QED) is 0.0215. The fraction of sp³-hybridized carbons (Fsp3) is 0.873. The van der Waals surface area contributed by atoms with Crippen molar-refractivity contribution in [1.82, 2.24) is 5.32 Å². The van der Waals surface area contributed by atoms with Gasteiger partial charge in [0.05, 0.1) is 25.4 Å². The molecular formula is C55H103NO10. The molecule has 1 fully saturated rings. The van der Waals surface area contributed by atoms with E-state index in [-0.39, 0.29) is 12.8 Å². The van der Waals surface area contributed by atoms with Gasteiger partial charge in [-0.25, -0.2) is 0 Å². The van der Waals surface area contributed by atoms with Crippen LogP contribution in [-0.2, 0) is 14.3 Å². The molecule has 8 N–H and O–H groups in total. The molecule has 9 unspecified atom stereocenters. The minimum Gasteiger partial charge on any atom is -0.394 e. The summed E-state index contributed by atoms with van der Waals surface area (Å²) in [4.78, 5) is 13.1. The first-order valence-corrected chi connectivity index (χ1v) is 27.4. The Hall–Kier alpha value is -1.67. The molecule has 1 aliphatic rings. The summed E-state index contributed by atoms with van der Waals surface area (Å²) in [5.74, 6) is -0.714. The van der Waals surface area contributed by atoms with Gasteiger partial charge in [0.25, 0.3) is 0 Å². The first-order chi connectivity index (χ1) is 32.2. The number of carbonyl (C=O) groups excluding carboxylic acids is 1. The third kappa shape index (κ3) is 33.0. The highest BCUT2D eigenvalue weighted by molar-refractivity contribution is 5.80. The number of aliphatic hydroxyl groups is 7. The zero-order valence-electron chi connectivity index (χ0n) is 42.2. The molecule has 66 heavy (non-hydrogen) atoms. The topological polar surface area (TPSA) is 189 Å². The molecule has 0 aromatic heterocycles. The van der Waals surface area contributed by atoms with Gasteiger partial charge in [-0.3, -0.25) is 4.79 Å². The lowest BCUT2D eigenvalue weighted by Crippen LogP contribution is -2.60. The van der Waals surface area contributed by atoms with Gasteiger partial charge in [0.1, 0.15) is 36.6 Å². The molecule has 9 atom stereocenters. The minimum absolute atomic E-state index is 0.244. The standard InChI is InChI=1S/C55H103NO10/c1-3-5-7-9-11-13-15-17-19-21-23-25-26-28-30-32-34-36-38-40-42-47(58)50(60)46(45-65-55-53(63)52(62)51(61)49(44-57)66-55)56-54(64)48(59)43-41-39-37-35-33-31-29-27-24-22-20-18-16-14-12-10-8-6-4-2/h24,26-28,34,36,46-53,55,57-63H,3-23,25,29-33,35,37-45H2,1-2H3,(H,56,64)/b27-24-,28-26+,36-34+. The van der Waals surface area contributed by atoms with Crippen molar-refractivity contribution in [3.05, 3.63) is 36.5 Å². The second-order valence-electron chi connectivity index (χ2n) is 19.3. The number of amides is 1. The molecule has 1 saturated heterocycles. The van der Waals surface area contributed by atoms with E-state index in [1.165, 1.54) is 135 Å². The average molecular weight is 938 g/mol. The van der Waals surface area contributed by atoms with Crippen molar-refractivity contribution < 1.29 is 50.0 Å². The van der Waals surface area contributed by atoms with Crippen molar-refractivity contribution in [3.63, 3.8) is 0 Å². The normalized spacial score (nSPS) is 21.0. The van der Waals surface area contributed by atoms with Crippen molar-refractivity contribution in [1.29, 1.82) is 0 Å². The summed E-state index contributed by atoms with van der Waals surface area (Å²) >= 11 is 0. The van der Waals surface area contributed by atoms with E-state index < -0.39 is 74.2 Å². The van der Waals surface area contributed by atoms with E-state index in [1.54, 1.807) is 0 Å². The molecule has 0 aliphatic carbocycles. The van der Waals surface area contributed by atoms with Crippen LogP contribution in [0, 0.1) is 0 Å². The summed E-state index contributed by atoms with van der Waals surface area (Å²) in [5.41, 5.74) is 0. The third-order valence-corrected chi connectivity index (χ3v) is 13.1. The number of carbonyl (C=O) groups is 1. The molecule has 0 aromatic rings. The number of ether oxygens (including phenoxy) is 2. The lowest BCUT2D eigenvalue weighted by molar-refractivity contribution is -0.303. The molecule has 11 heteroatoms. The maximum absolute atomic E-state index is 13.1. The van der Waals surface area contributed by atoms with E-state index in [0.717, 1.165) is 57.8 Å². The van der Waals surface area contributed by atoms with E-state index in [4.69, 9.17) is 9.47 Å². The molecule has 0 bridgehead atoms. The smallest absolute Gasteiger partial charge is 0.249 e. The van der Waals surface area contributed by atoms with Crippen LogP contribution >= 0.6 is 0 Å². The van der Waals surface area contributed by atoms with Crippen LogP contribution in [0.1, 0.15) is 239 Å². The Morgan fingerprint density at radius 1 is 0.515 bits per heavy atom. The van der Waals surface area contributed by atoms with Gasteiger partial charge in [-0.15, -0.1) is 0 Å². The van der Waals surface area contributed by atoms with E-state index in [1.807, 2.05) is 0 Å². The van der Waals surface area contributed by atoms with Gasteiger partial charge in [-0.1, -0.05) is 198 Å². The zero-order valence-corrected chi connectivity index (χ0v) is 42.2. The number of hydrogen-bond donors (Lipinski definition) is 8. The molecule has 1 rings (SSSR count). The first kappa shape index (κ1) is 62.3. The summed E-state index contributed by atoms with van der Waals surface area (Å²) in [6, 6.07) is -1.19. The van der Waals surface area contributed by atoms with Crippen LogP contribution in [0.4, 0.5) is 0 Å². The largest absolute Gasteiger partial charge is 0.394 e. The van der Waals surface area contributed by atoms with Gasteiger partial charge in [0.2, 0.25) is 5.91 Å². The van der Waals surface area contributed by atoms with E-state index >= 15 is 0 Å². The Morgan fingerprint density at radius 3 is 1.35 bits per heavy atom. The predicted molar refractivity (Wildman–Crippen MR) is 270 cm³/mol. The second kappa shape index (κ2) is 44.5. The average Bonchev–Trinajstić information content (AvgIpc) is 3.32. The summed E-state index contributed by atoms with van der Waals surface area (Å²) in [6.07, 6.45) is 41.9. The van der Waals surface area contributed by atoms with Crippen molar-refractivity contribution in [2.75, 3.05) is 13.2 Å². The fourth-order valence-electron chi connectivity index (χ4n) is 8.63. The van der Waals surface area contributed by atoms with E-state index in [2.05, 4.69) is 55.6 Å². The van der Waals surface area contributed by atoms with Crippen LogP contribution < -0.4 is 5.32 Å². The highest BCUT2D eigenvalue weighted by Gasteiger charge is 2.44. The van der Waals surface area contributed by atoms with Gasteiger partial charge in [-0.05, 0) is 77.0 Å². The third-order valence-electron chi connectivity index (χ3n) is 13.1. The van der Waals surface area contributed by atoms with Crippen LogP contribution in [-0.4, -0.2) is 110 Å². The Kier molecular flexibility index (Phi) is 42.1. The van der Waals surface area contributed by atoms with Crippen LogP contribution in [0.3, 0.4) is 0 Å². The van der Waals surface area contributed by atoms with E-state index in [0.29, 0.717) is 19.3 Å². The number of rotatable bonds is 46. The molecule has 0 radical (unpaired) electrons. The van der Waals surface area contributed by atoms with E-state index in [9.17, 15) is 40.5 Å². The van der Waals surface area contributed by atoms with Gasteiger partial charge < -0.3 is 50.5 Å². The predicted octanol–water partition coefficient (Wildman–Crippen LogP) is 10.7. The molecule has 1 heterocycles. The van der Waals surface area contributed by atoms with Crippen molar-refractivity contribution >= 4 is 5.91 Å². The maximum atomic E-state index is 13.1. The minimum atomic E-state index is -1.67. The van der Waals surface area contributed by atoms with Gasteiger partial charge in [-0.2, -0.15) is 0 Å². The first-order valence-electron chi connectivity index (χ1n) is 27.4. The van der Waals surface area contributed by atoms with Crippen molar-refractivity contribution in [2.24, 2.45) is 0 Å². The number of nitrogens with one attached hydrogen (secondary N) is 1. The van der Waals surface area contributed by atoms with Crippen LogP contribution in [0.2, 0.25) is 0 Å². The molecule has 0 spiro atoms. The number of allylic oxidation sites excluding steroid dienone is 6. The highest BCUT2D eigenvalue weighted by Crippen LogP contribution is 2.23. The summed E-state index contributed by atoms with van der Waals surface area (Å²) in [7, 11) is 0.